The number of fused-ring (bicyclic) bond motifs is 1. The molecule has 1 saturated heterocycles. The Morgan fingerprint density at radius 3 is 2.53 bits per heavy atom. The maximum Gasteiger partial charge on any atom is 0.481 e. The Kier molecular flexibility index (Phi) is 10.5. The predicted molar refractivity (Wildman–Crippen MR) is 205 cm³/mol. The van der Waals surface area contributed by atoms with Gasteiger partial charge in [-0.05, 0) is 93.2 Å². The Morgan fingerprint density at radius 1 is 1.07 bits per heavy atom. The van der Waals surface area contributed by atoms with E-state index in [2.05, 4.69) is 47.0 Å². The number of alkyl halides is 3. The van der Waals surface area contributed by atoms with Gasteiger partial charge in [0.05, 0.1) is 47.1 Å². The van der Waals surface area contributed by atoms with E-state index >= 15 is 0 Å². The SMILES string of the molecule is CCOC(=O)c1cccc(NC(=O)N[C@]2(C)C[C@@H](C(=O)N[C@@H](CC)B3OC4C5CC(C[C@]4(C)O3)C5(C)C)n3c2ncc(NCc2cccc(C(F)(F)F)c2)c3=O)c1. The van der Waals surface area contributed by atoms with Crippen LogP contribution in [0.15, 0.2) is 59.5 Å². The number of hydrogen-bond donors (Lipinski definition) is 4. The quantitative estimate of drug-likeness (QED) is 0.131. The van der Waals surface area contributed by atoms with Gasteiger partial charge in [0, 0.05) is 18.7 Å². The van der Waals surface area contributed by atoms with Gasteiger partial charge in [0.1, 0.15) is 17.6 Å². The normalized spacial score (nSPS) is 27.4. The number of nitrogens with one attached hydrogen (secondary N) is 4. The van der Waals surface area contributed by atoms with E-state index < -0.39 is 65.4 Å². The number of hydrogen-bond acceptors (Lipinski definition) is 9. The van der Waals surface area contributed by atoms with Crippen molar-refractivity contribution >= 4 is 36.4 Å². The average Bonchev–Trinajstić information content (AvgIpc) is 3.67. The lowest BCUT2D eigenvalue weighted by Crippen LogP contribution is -2.63. The van der Waals surface area contributed by atoms with Crippen molar-refractivity contribution in [2.24, 2.45) is 17.3 Å². The van der Waals surface area contributed by atoms with Crippen molar-refractivity contribution in [1.82, 2.24) is 20.2 Å². The number of amides is 3. The number of esters is 1. The number of nitrogens with zero attached hydrogens (tertiary/aromatic N) is 2. The standard InChI is InChI=1S/C40H48BF3N6O7/c1-7-30(41-56-31-27-17-25(37(27,3)4)18-39(31,6)57-41)48-32(51)29-19-38(5,49-36(54)47-26-14-10-12-23(16-26)34(53)55-8-2)35-46-21-28(33(52)50(29)35)45-20-22-11-9-13-24(15-22)40(42,43)44/h9-16,21,25,27,29-31,45H,7-8,17-20H2,1-6H3,(H,48,51)(H2,47,49,54)/t25?,27?,29-,30-,31?,38+,39-/m0/s1. The summed E-state index contributed by atoms with van der Waals surface area (Å²) >= 11 is 0. The first-order chi connectivity index (χ1) is 26.9. The summed E-state index contributed by atoms with van der Waals surface area (Å²) in [6.07, 6.45) is -1.11. The maximum atomic E-state index is 14.4. The van der Waals surface area contributed by atoms with E-state index in [-0.39, 0.29) is 53.7 Å². The van der Waals surface area contributed by atoms with E-state index in [4.69, 9.17) is 14.0 Å². The second kappa shape index (κ2) is 14.8. The summed E-state index contributed by atoms with van der Waals surface area (Å²) in [5.41, 5.74) is -2.44. The van der Waals surface area contributed by atoms with E-state index in [0.717, 1.165) is 25.0 Å². The topological polar surface area (TPSA) is 162 Å². The third-order valence-corrected chi connectivity index (χ3v) is 12.4. The van der Waals surface area contributed by atoms with Crippen molar-refractivity contribution in [3.63, 3.8) is 0 Å². The van der Waals surface area contributed by atoms with Gasteiger partial charge in [-0.25, -0.2) is 14.6 Å². The molecule has 0 spiro atoms. The van der Waals surface area contributed by atoms with Gasteiger partial charge < -0.3 is 35.3 Å². The molecule has 0 radical (unpaired) electrons. The molecule has 17 heteroatoms. The van der Waals surface area contributed by atoms with Gasteiger partial charge in [0.25, 0.3) is 5.56 Å². The number of urea groups is 1. The Balaban J connectivity index is 1.14. The number of anilines is 2. The zero-order valence-electron chi connectivity index (χ0n) is 32.8. The van der Waals surface area contributed by atoms with Gasteiger partial charge in [-0.2, -0.15) is 13.2 Å². The van der Waals surface area contributed by atoms with Crippen LogP contribution in [0.3, 0.4) is 0 Å². The molecule has 3 unspecified atom stereocenters. The Labute approximate surface area is 329 Å². The molecule has 57 heavy (non-hydrogen) atoms. The first kappa shape index (κ1) is 40.3. The Hall–Kier alpha value is -4.90. The molecule has 13 nitrogen and oxygen atoms in total. The highest BCUT2D eigenvalue weighted by molar-refractivity contribution is 6.47. The van der Waals surface area contributed by atoms with E-state index in [9.17, 15) is 32.3 Å². The summed E-state index contributed by atoms with van der Waals surface area (Å²) in [5.74, 6) is -0.694. The minimum Gasteiger partial charge on any atom is -0.462 e. The van der Waals surface area contributed by atoms with E-state index in [1.54, 1.807) is 32.0 Å². The van der Waals surface area contributed by atoms with Crippen LogP contribution < -0.4 is 26.8 Å². The molecular weight excluding hydrogens is 744 g/mol. The number of benzene rings is 2. The van der Waals surface area contributed by atoms with Crippen LogP contribution in [0.5, 0.6) is 0 Å². The summed E-state index contributed by atoms with van der Waals surface area (Å²) in [5, 5.41) is 11.6. The predicted octanol–water partition coefficient (Wildman–Crippen LogP) is 6.19. The van der Waals surface area contributed by atoms with Gasteiger partial charge in [0.2, 0.25) is 5.91 Å². The minimum absolute atomic E-state index is 0.0495. The number of rotatable bonds is 11. The molecule has 2 bridgehead atoms. The molecule has 3 aromatic rings. The highest BCUT2D eigenvalue weighted by Crippen LogP contribution is 2.64. The first-order valence-electron chi connectivity index (χ1n) is 19.4. The molecule has 2 aliphatic heterocycles. The van der Waals surface area contributed by atoms with E-state index in [1.165, 1.54) is 29.0 Å². The van der Waals surface area contributed by atoms with E-state index in [1.807, 2.05) is 6.92 Å². The van der Waals surface area contributed by atoms with Crippen molar-refractivity contribution < 1.29 is 41.6 Å². The van der Waals surface area contributed by atoms with Crippen molar-refractivity contribution in [3.05, 3.63) is 87.6 Å². The van der Waals surface area contributed by atoms with Crippen LogP contribution in [0.2, 0.25) is 0 Å². The third-order valence-electron chi connectivity index (χ3n) is 12.4. The Bertz CT molecular complexity index is 2130. The van der Waals surface area contributed by atoms with Gasteiger partial charge >= 0.3 is 25.3 Å². The van der Waals surface area contributed by atoms with Crippen LogP contribution >= 0.6 is 0 Å². The number of ether oxygens (including phenoxy) is 1. The summed E-state index contributed by atoms with van der Waals surface area (Å²) < 4.78 is 59.6. The van der Waals surface area contributed by atoms with Crippen molar-refractivity contribution in [2.45, 2.75) is 109 Å². The van der Waals surface area contributed by atoms with Crippen molar-refractivity contribution in [1.29, 1.82) is 0 Å². The monoisotopic (exact) mass is 792 g/mol. The molecular formula is C40H48BF3N6O7. The minimum atomic E-state index is -4.55. The number of carbonyl (C=O) groups excluding carboxylic acids is 3. The molecule has 3 saturated carbocycles. The van der Waals surface area contributed by atoms with Crippen molar-refractivity contribution in [2.75, 3.05) is 17.2 Å². The molecule has 3 heterocycles. The smallest absolute Gasteiger partial charge is 0.462 e. The number of halogens is 3. The van der Waals surface area contributed by atoms with Gasteiger partial charge in [-0.3, -0.25) is 14.2 Å². The molecule has 3 amide bonds. The van der Waals surface area contributed by atoms with Crippen molar-refractivity contribution in [3.8, 4) is 0 Å². The molecule has 4 N–H and O–H groups in total. The average molecular weight is 793 g/mol. The number of aromatic nitrogens is 2. The fourth-order valence-corrected chi connectivity index (χ4v) is 9.14. The highest BCUT2D eigenvalue weighted by atomic mass is 19.4. The largest absolute Gasteiger partial charge is 0.481 e. The molecule has 3 aliphatic carbocycles. The van der Waals surface area contributed by atoms with Crippen LogP contribution in [0.1, 0.15) is 101 Å². The summed E-state index contributed by atoms with van der Waals surface area (Å²) in [6, 6.07) is 9.07. The lowest BCUT2D eigenvalue weighted by molar-refractivity contribution is -0.185. The highest BCUT2D eigenvalue weighted by Gasteiger charge is 2.67. The Morgan fingerprint density at radius 2 is 1.82 bits per heavy atom. The maximum absolute atomic E-state index is 14.4. The fourth-order valence-electron chi connectivity index (χ4n) is 9.14. The van der Waals surface area contributed by atoms with Gasteiger partial charge in [0.15, 0.2) is 0 Å². The summed E-state index contributed by atoms with van der Waals surface area (Å²) in [6.45, 7) is 11.9. The lowest BCUT2D eigenvalue weighted by Gasteiger charge is -2.63. The second-order valence-electron chi connectivity index (χ2n) is 16.6. The molecule has 4 fully saturated rings. The molecule has 8 rings (SSSR count). The van der Waals surface area contributed by atoms with Crippen LogP contribution in [0, 0.1) is 17.3 Å². The lowest BCUT2D eigenvalue weighted by atomic mass is 9.45. The summed E-state index contributed by atoms with van der Waals surface area (Å²) in [4.78, 5) is 59.0. The van der Waals surface area contributed by atoms with Gasteiger partial charge in [-0.1, -0.05) is 39.0 Å². The third kappa shape index (κ3) is 7.51. The van der Waals surface area contributed by atoms with Crippen LogP contribution in [-0.2, 0) is 37.1 Å². The first-order valence-corrected chi connectivity index (χ1v) is 19.4. The zero-order chi connectivity index (χ0) is 41.1. The molecule has 7 atom stereocenters. The van der Waals surface area contributed by atoms with Crippen LogP contribution in [0.25, 0.3) is 0 Å². The van der Waals surface area contributed by atoms with Gasteiger partial charge in [-0.15, -0.1) is 0 Å². The zero-order valence-corrected chi connectivity index (χ0v) is 32.8. The van der Waals surface area contributed by atoms with Crippen LogP contribution in [-0.4, -0.2) is 58.8 Å². The molecule has 304 valence electrons. The molecule has 2 aromatic carbocycles. The van der Waals surface area contributed by atoms with Crippen LogP contribution in [0.4, 0.5) is 29.3 Å². The summed E-state index contributed by atoms with van der Waals surface area (Å²) in [7, 11) is -0.721. The number of carbonyl (C=O) groups is 3. The molecule has 1 aromatic heterocycles. The second-order valence-corrected chi connectivity index (χ2v) is 16.6. The molecule has 5 aliphatic rings. The fraction of sp³-hybridized carbons (Fsp3) is 0.525. The van der Waals surface area contributed by atoms with E-state index in [0.29, 0.717) is 23.9 Å².